The Bertz CT molecular complexity index is 1050. The van der Waals surface area contributed by atoms with Gasteiger partial charge in [0.25, 0.3) is 11.8 Å². The van der Waals surface area contributed by atoms with Gasteiger partial charge in [-0.2, -0.15) is 0 Å². The van der Waals surface area contributed by atoms with Crippen LogP contribution in [0.25, 0.3) is 0 Å². The molecular formula is C22H18Cl2N2O3. The van der Waals surface area contributed by atoms with Crippen molar-refractivity contribution in [2.24, 2.45) is 0 Å². The molecule has 0 spiro atoms. The minimum atomic E-state index is -0.436. The maximum Gasteiger partial charge on any atom is 0.269 e. The number of nitrogens with one attached hydrogen (secondary N) is 2. The molecule has 0 aliphatic heterocycles. The first kappa shape index (κ1) is 20.7. The number of amides is 2. The molecule has 0 heterocycles. The van der Waals surface area contributed by atoms with Gasteiger partial charge in [-0.3, -0.25) is 20.4 Å². The second-order valence-electron chi connectivity index (χ2n) is 6.29. The Morgan fingerprint density at radius 1 is 0.897 bits per heavy atom. The van der Waals surface area contributed by atoms with E-state index in [1.807, 2.05) is 25.1 Å². The molecule has 0 aliphatic carbocycles. The minimum absolute atomic E-state index is 0.205. The van der Waals surface area contributed by atoms with E-state index < -0.39 is 5.91 Å². The molecule has 5 nitrogen and oxygen atoms in total. The standard InChI is InChI=1S/C22H18Cl2N2O3/c1-14-5-2-3-8-18(14)22(28)26-25-21(27)16-7-4-6-15(11-16)13-29-20-12-17(23)9-10-19(20)24/h2-12H,13H2,1H3,(H,25,27)(H,26,28). The van der Waals surface area contributed by atoms with Crippen molar-refractivity contribution in [1.29, 1.82) is 0 Å². The Morgan fingerprint density at radius 2 is 1.66 bits per heavy atom. The van der Waals surface area contributed by atoms with E-state index >= 15 is 0 Å². The average molecular weight is 429 g/mol. The number of hydrazine groups is 1. The molecule has 3 aromatic rings. The van der Waals surface area contributed by atoms with Crippen LogP contribution in [0.2, 0.25) is 10.0 Å². The number of aryl methyl sites for hydroxylation is 1. The van der Waals surface area contributed by atoms with E-state index in [1.165, 1.54) is 0 Å². The molecular weight excluding hydrogens is 411 g/mol. The third-order valence-corrected chi connectivity index (χ3v) is 4.70. The highest BCUT2D eigenvalue weighted by atomic mass is 35.5. The van der Waals surface area contributed by atoms with Crippen molar-refractivity contribution >= 4 is 35.0 Å². The molecule has 7 heteroatoms. The predicted molar refractivity (Wildman–Crippen MR) is 113 cm³/mol. The molecule has 3 rings (SSSR count). The summed E-state index contributed by atoms with van der Waals surface area (Å²) in [6.07, 6.45) is 0. The molecule has 2 amide bonds. The summed E-state index contributed by atoms with van der Waals surface area (Å²) in [5, 5.41) is 0.962. The van der Waals surface area contributed by atoms with Gasteiger partial charge in [-0.1, -0.05) is 53.5 Å². The molecule has 0 bridgehead atoms. The van der Waals surface area contributed by atoms with Crippen molar-refractivity contribution in [2.75, 3.05) is 0 Å². The Balaban J connectivity index is 1.61. The van der Waals surface area contributed by atoms with E-state index in [-0.39, 0.29) is 12.5 Å². The average Bonchev–Trinajstić information content (AvgIpc) is 2.73. The van der Waals surface area contributed by atoms with E-state index in [0.717, 1.165) is 11.1 Å². The highest BCUT2D eigenvalue weighted by Gasteiger charge is 2.11. The Hall–Kier alpha value is -3.02. The van der Waals surface area contributed by atoms with Gasteiger partial charge in [-0.15, -0.1) is 0 Å². The predicted octanol–water partition coefficient (Wildman–Crippen LogP) is 4.96. The number of ether oxygens (including phenoxy) is 1. The summed E-state index contributed by atoms with van der Waals surface area (Å²) in [7, 11) is 0. The van der Waals surface area contributed by atoms with Crippen LogP contribution in [-0.4, -0.2) is 11.8 Å². The van der Waals surface area contributed by atoms with Crippen molar-refractivity contribution in [3.05, 3.63) is 99.0 Å². The molecule has 0 unspecified atom stereocenters. The maximum absolute atomic E-state index is 12.4. The first-order valence-electron chi connectivity index (χ1n) is 8.77. The Kier molecular flexibility index (Phi) is 6.75. The van der Waals surface area contributed by atoms with Crippen molar-refractivity contribution in [1.82, 2.24) is 10.9 Å². The minimum Gasteiger partial charge on any atom is -0.487 e. The lowest BCUT2D eigenvalue weighted by Crippen LogP contribution is -2.41. The smallest absolute Gasteiger partial charge is 0.269 e. The summed E-state index contributed by atoms with van der Waals surface area (Å²) in [5.41, 5.74) is 7.31. The molecule has 29 heavy (non-hydrogen) atoms. The van der Waals surface area contributed by atoms with Crippen LogP contribution in [0.3, 0.4) is 0 Å². The second kappa shape index (κ2) is 9.45. The lowest BCUT2D eigenvalue weighted by molar-refractivity contribution is 0.0846. The second-order valence-corrected chi connectivity index (χ2v) is 7.13. The number of hydrogen-bond acceptors (Lipinski definition) is 3. The van der Waals surface area contributed by atoms with E-state index in [1.54, 1.807) is 48.5 Å². The molecule has 0 saturated heterocycles. The van der Waals surface area contributed by atoms with E-state index in [2.05, 4.69) is 10.9 Å². The molecule has 0 aliphatic rings. The normalized spacial score (nSPS) is 10.3. The molecule has 0 atom stereocenters. The third-order valence-electron chi connectivity index (χ3n) is 4.16. The Morgan fingerprint density at radius 3 is 2.45 bits per heavy atom. The van der Waals surface area contributed by atoms with Gasteiger partial charge in [0.05, 0.1) is 5.02 Å². The third kappa shape index (κ3) is 5.50. The van der Waals surface area contributed by atoms with Crippen molar-refractivity contribution in [3.8, 4) is 5.75 Å². The first-order chi connectivity index (χ1) is 13.9. The molecule has 0 fully saturated rings. The zero-order valence-electron chi connectivity index (χ0n) is 15.5. The van der Waals surface area contributed by atoms with Crippen molar-refractivity contribution < 1.29 is 14.3 Å². The highest BCUT2D eigenvalue weighted by Crippen LogP contribution is 2.28. The number of hydrogen-bond donors (Lipinski definition) is 2. The fourth-order valence-electron chi connectivity index (χ4n) is 2.63. The summed E-state index contributed by atoms with van der Waals surface area (Å²) >= 11 is 12.0. The molecule has 0 radical (unpaired) electrons. The van der Waals surface area contributed by atoms with Gasteiger partial charge >= 0.3 is 0 Å². The van der Waals surface area contributed by atoms with Gasteiger partial charge in [0.1, 0.15) is 12.4 Å². The van der Waals surface area contributed by atoms with Crippen LogP contribution in [0.4, 0.5) is 0 Å². The van der Waals surface area contributed by atoms with Crippen LogP contribution >= 0.6 is 23.2 Å². The zero-order valence-corrected chi connectivity index (χ0v) is 17.1. The Labute approximate surface area is 178 Å². The number of benzene rings is 3. The molecule has 0 aromatic heterocycles. The van der Waals surface area contributed by atoms with Gasteiger partial charge in [0, 0.05) is 22.2 Å². The number of halogens is 2. The van der Waals surface area contributed by atoms with Crippen LogP contribution in [0.5, 0.6) is 5.75 Å². The lowest BCUT2D eigenvalue weighted by Gasteiger charge is -2.11. The van der Waals surface area contributed by atoms with Gasteiger partial charge in [0.2, 0.25) is 0 Å². The molecule has 0 saturated carbocycles. The van der Waals surface area contributed by atoms with Gasteiger partial charge < -0.3 is 4.74 Å². The summed E-state index contributed by atoms with van der Waals surface area (Å²) in [6, 6.07) is 18.9. The number of carbonyl (C=O) groups is 2. The summed E-state index contributed by atoms with van der Waals surface area (Å²) in [6.45, 7) is 2.03. The lowest BCUT2D eigenvalue weighted by atomic mass is 10.1. The van der Waals surface area contributed by atoms with Gasteiger partial charge in [0.15, 0.2) is 0 Å². The molecule has 2 N–H and O–H groups in total. The summed E-state index contributed by atoms with van der Waals surface area (Å²) in [4.78, 5) is 24.6. The fourth-order valence-corrected chi connectivity index (χ4v) is 2.97. The van der Waals surface area contributed by atoms with Crippen LogP contribution in [0, 0.1) is 6.92 Å². The molecule has 148 valence electrons. The highest BCUT2D eigenvalue weighted by molar-refractivity contribution is 6.34. The first-order valence-corrected chi connectivity index (χ1v) is 9.53. The quantitative estimate of drug-likeness (QED) is 0.564. The summed E-state index contributed by atoms with van der Waals surface area (Å²) in [5.74, 6) is -0.361. The van der Waals surface area contributed by atoms with E-state index in [0.29, 0.717) is 26.9 Å². The van der Waals surface area contributed by atoms with Crippen molar-refractivity contribution in [3.63, 3.8) is 0 Å². The fraction of sp³-hybridized carbons (Fsp3) is 0.0909. The summed E-state index contributed by atoms with van der Waals surface area (Å²) < 4.78 is 5.69. The van der Waals surface area contributed by atoms with E-state index in [4.69, 9.17) is 27.9 Å². The van der Waals surface area contributed by atoms with Crippen LogP contribution in [-0.2, 0) is 6.61 Å². The zero-order chi connectivity index (χ0) is 20.8. The number of carbonyl (C=O) groups excluding carboxylic acids is 2. The van der Waals surface area contributed by atoms with Gasteiger partial charge in [-0.05, 0) is 48.4 Å². The molecule has 3 aromatic carbocycles. The monoisotopic (exact) mass is 428 g/mol. The van der Waals surface area contributed by atoms with Crippen molar-refractivity contribution in [2.45, 2.75) is 13.5 Å². The topological polar surface area (TPSA) is 67.4 Å². The van der Waals surface area contributed by atoms with Crippen LogP contribution in [0.1, 0.15) is 31.8 Å². The largest absolute Gasteiger partial charge is 0.487 e. The van der Waals surface area contributed by atoms with E-state index in [9.17, 15) is 9.59 Å². The SMILES string of the molecule is Cc1ccccc1C(=O)NNC(=O)c1cccc(COc2cc(Cl)ccc2Cl)c1. The van der Waals surface area contributed by atoms with Gasteiger partial charge in [-0.25, -0.2) is 0 Å². The van der Waals surface area contributed by atoms with Crippen LogP contribution in [0.15, 0.2) is 66.7 Å². The number of rotatable bonds is 5. The van der Waals surface area contributed by atoms with Crippen LogP contribution < -0.4 is 15.6 Å². The maximum atomic E-state index is 12.4.